The van der Waals surface area contributed by atoms with Crippen molar-refractivity contribution in [1.29, 1.82) is 0 Å². The van der Waals surface area contributed by atoms with Crippen LogP contribution >= 0.6 is 35.3 Å². The molecule has 0 atom stereocenters. The maximum Gasteiger partial charge on any atom is 0.0227 e. The topological polar surface area (TPSA) is 0 Å². The molecule has 0 unspecified atom stereocenters. The number of allylic oxidation sites excluding steroid dienone is 8. The zero-order chi connectivity index (χ0) is 21.6. The van der Waals surface area contributed by atoms with E-state index in [1.165, 1.54) is 35.9 Å². The predicted molar refractivity (Wildman–Crippen MR) is 138 cm³/mol. The number of rotatable bonds is 4. The molecule has 3 rings (SSSR count). The Morgan fingerprint density at radius 3 is 1.34 bits per heavy atom. The average molecular weight is 445 g/mol. The second-order valence-corrected chi connectivity index (χ2v) is 14.3. The van der Waals surface area contributed by atoms with Crippen LogP contribution in [-0.2, 0) is 0 Å². The summed E-state index contributed by atoms with van der Waals surface area (Å²) in [5.74, 6) is 0.662. The van der Waals surface area contributed by atoms with Gasteiger partial charge in [0, 0.05) is 35.9 Å². The largest absolute Gasteiger partial charge is 0.0943 e. The van der Waals surface area contributed by atoms with E-state index in [1.54, 1.807) is 0 Å². The lowest BCUT2D eigenvalue weighted by atomic mass is 9.80. The smallest absolute Gasteiger partial charge is 0.0227 e. The SMILES string of the molecule is CC1=CC(C)(C)C=C(C2=CC(C)(CC(C)C)C=C(C3=CC(C)(C)C=C(C)S3)S2)S1. The minimum absolute atomic E-state index is 0.0886. The highest BCUT2D eigenvalue weighted by Gasteiger charge is 2.32. The van der Waals surface area contributed by atoms with E-state index in [-0.39, 0.29) is 16.2 Å². The molecule has 29 heavy (non-hydrogen) atoms. The summed E-state index contributed by atoms with van der Waals surface area (Å²) < 4.78 is 0. The fourth-order valence-corrected chi connectivity index (χ4v) is 8.75. The average Bonchev–Trinajstić information content (AvgIpc) is 2.49. The first-order valence-electron chi connectivity index (χ1n) is 10.6. The van der Waals surface area contributed by atoms with Crippen LogP contribution in [0.1, 0.15) is 68.7 Å². The standard InChI is InChI=1S/C26H36S3/c1-17(2)10-26(9)15-22(20-13-24(5,6)11-18(3)27-20)29-23(16-26)21-14-25(7,8)12-19(4)28-21/h11-17H,10H2,1-9H3. The Labute approximate surface area is 191 Å². The first-order valence-corrected chi connectivity index (χ1v) is 13.1. The summed E-state index contributed by atoms with van der Waals surface area (Å²) in [7, 11) is 0. The van der Waals surface area contributed by atoms with Crippen molar-refractivity contribution in [3.05, 3.63) is 65.9 Å². The molecule has 0 nitrogen and oxygen atoms in total. The molecule has 0 aliphatic carbocycles. The van der Waals surface area contributed by atoms with Crippen molar-refractivity contribution in [2.75, 3.05) is 0 Å². The summed E-state index contributed by atoms with van der Waals surface area (Å²) in [6.45, 7) is 20.8. The summed E-state index contributed by atoms with van der Waals surface area (Å²) in [5, 5.41) is 0. The Morgan fingerprint density at radius 2 is 1.00 bits per heavy atom. The van der Waals surface area contributed by atoms with Gasteiger partial charge < -0.3 is 0 Å². The van der Waals surface area contributed by atoms with Crippen LogP contribution in [0.25, 0.3) is 0 Å². The highest BCUT2D eigenvalue weighted by atomic mass is 32.2. The Balaban J connectivity index is 2.02. The van der Waals surface area contributed by atoms with Crippen LogP contribution in [0.4, 0.5) is 0 Å². The van der Waals surface area contributed by atoms with Gasteiger partial charge in [0.25, 0.3) is 0 Å². The van der Waals surface area contributed by atoms with Crippen molar-refractivity contribution >= 4 is 35.3 Å². The summed E-state index contributed by atoms with van der Waals surface area (Å²) in [4.78, 5) is 8.52. The van der Waals surface area contributed by atoms with Gasteiger partial charge in [0.05, 0.1) is 0 Å². The predicted octanol–water partition coefficient (Wildman–Crippen LogP) is 9.67. The van der Waals surface area contributed by atoms with Gasteiger partial charge in [-0.3, -0.25) is 0 Å². The van der Waals surface area contributed by atoms with Crippen molar-refractivity contribution < 1.29 is 0 Å². The molecule has 0 fully saturated rings. The number of hydrogen-bond donors (Lipinski definition) is 0. The van der Waals surface area contributed by atoms with E-state index in [2.05, 4.69) is 98.8 Å². The monoisotopic (exact) mass is 444 g/mol. The second kappa shape index (κ2) is 8.20. The van der Waals surface area contributed by atoms with Gasteiger partial charge in [-0.1, -0.05) is 120 Å². The van der Waals surface area contributed by atoms with Crippen LogP contribution in [0.3, 0.4) is 0 Å². The fourth-order valence-electron chi connectivity index (χ4n) is 4.57. The van der Waals surface area contributed by atoms with E-state index in [4.69, 9.17) is 0 Å². The minimum atomic E-state index is 0.0886. The van der Waals surface area contributed by atoms with Crippen LogP contribution in [0.15, 0.2) is 65.9 Å². The molecule has 0 aromatic rings. The molecule has 0 amide bonds. The molecule has 3 heterocycles. The van der Waals surface area contributed by atoms with Gasteiger partial charge in [-0.15, -0.1) is 0 Å². The fraction of sp³-hybridized carbons (Fsp3) is 0.538. The molecule has 158 valence electrons. The first kappa shape index (κ1) is 23.2. The molecule has 0 saturated carbocycles. The third kappa shape index (κ3) is 6.02. The van der Waals surface area contributed by atoms with E-state index >= 15 is 0 Å². The van der Waals surface area contributed by atoms with Gasteiger partial charge in [0.15, 0.2) is 0 Å². The van der Waals surface area contributed by atoms with E-state index in [0.29, 0.717) is 5.92 Å². The maximum absolute atomic E-state index is 2.54. The molecule has 3 heteroatoms. The summed E-state index contributed by atoms with van der Waals surface area (Å²) >= 11 is 5.83. The molecule has 0 aromatic carbocycles. The molecule has 0 saturated heterocycles. The van der Waals surface area contributed by atoms with Crippen LogP contribution in [0.5, 0.6) is 0 Å². The van der Waals surface area contributed by atoms with Crippen molar-refractivity contribution in [2.45, 2.75) is 68.7 Å². The van der Waals surface area contributed by atoms with Gasteiger partial charge >= 0.3 is 0 Å². The van der Waals surface area contributed by atoms with Gasteiger partial charge in [-0.05, 0) is 36.0 Å². The first-order chi connectivity index (χ1) is 13.3. The van der Waals surface area contributed by atoms with Crippen molar-refractivity contribution in [1.82, 2.24) is 0 Å². The third-order valence-corrected chi connectivity index (χ3v) is 8.54. The Hall–Kier alpha value is -0.510. The van der Waals surface area contributed by atoms with Crippen LogP contribution in [-0.4, -0.2) is 0 Å². The molecular formula is C26H36S3. The summed E-state index contributed by atoms with van der Waals surface area (Å²) in [6, 6.07) is 0. The van der Waals surface area contributed by atoms with Gasteiger partial charge in [0.1, 0.15) is 0 Å². The lowest BCUT2D eigenvalue weighted by molar-refractivity contribution is 0.408. The lowest BCUT2D eigenvalue weighted by Gasteiger charge is -2.35. The van der Waals surface area contributed by atoms with Crippen LogP contribution in [0, 0.1) is 22.2 Å². The zero-order valence-corrected chi connectivity index (χ0v) is 21.9. The highest BCUT2D eigenvalue weighted by molar-refractivity contribution is 8.14. The van der Waals surface area contributed by atoms with Gasteiger partial charge in [0.2, 0.25) is 0 Å². The Kier molecular flexibility index (Phi) is 6.55. The zero-order valence-electron chi connectivity index (χ0n) is 19.5. The normalized spacial score (nSPS) is 25.4. The lowest BCUT2D eigenvalue weighted by Crippen LogP contribution is -2.19. The number of thioether (sulfide) groups is 3. The summed E-state index contributed by atoms with van der Waals surface area (Å²) in [5.41, 5.74) is 0.315. The molecule has 0 aromatic heterocycles. The maximum atomic E-state index is 2.54. The van der Waals surface area contributed by atoms with Crippen molar-refractivity contribution in [3.8, 4) is 0 Å². The van der Waals surface area contributed by atoms with Crippen molar-refractivity contribution in [3.63, 3.8) is 0 Å². The van der Waals surface area contributed by atoms with E-state index in [0.717, 1.165) is 0 Å². The molecule has 0 spiro atoms. The van der Waals surface area contributed by atoms with Crippen LogP contribution < -0.4 is 0 Å². The van der Waals surface area contributed by atoms with Gasteiger partial charge in [-0.2, -0.15) is 0 Å². The quantitative estimate of drug-likeness (QED) is 0.423. The minimum Gasteiger partial charge on any atom is -0.0943 e. The Bertz CT molecular complexity index is 806. The third-order valence-electron chi connectivity index (χ3n) is 5.17. The molecule has 0 N–H and O–H groups in total. The second-order valence-electron chi connectivity index (χ2n) is 10.6. The molecular weight excluding hydrogens is 408 g/mol. The van der Waals surface area contributed by atoms with Crippen molar-refractivity contribution in [2.24, 2.45) is 22.2 Å². The summed E-state index contributed by atoms with van der Waals surface area (Å²) in [6.07, 6.45) is 15.9. The molecule has 0 radical (unpaired) electrons. The molecule has 3 aliphatic heterocycles. The number of hydrogen-bond acceptors (Lipinski definition) is 3. The van der Waals surface area contributed by atoms with E-state index in [9.17, 15) is 0 Å². The highest BCUT2D eigenvalue weighted by Crippen LogP contribution is 2.55. The van der Waals surface area contributed by atoms with E-state index < -0.39 is 0 Å². The molecule has 0 bridgehead atoms. The van der Waals surface area contributed by atoms with E-state index in [1.807, 2.05) is 35.3 Å². The Morgan fingerprint density at radius 1 is 0.621 bits per heavy atom. The molecule has 3 aliphatic rings. The van der Waals surface area contributed by atoms with Crippen LogP contribution in [0.2, 0.25) is 0 Å². The van der Waals surface area contributed by atoms with Gasteiger partial charge in [-0.25, -0.2) is 0 Å².